The number of carbonyl (C=O) groups excluding carboxylic acids is 7. The lowest BCUT2D eigenvalue weighted by Crippen LogP contribution is -2.67. The first-order valence-electron chi connectivity index (χ1n) is 13.3. The maximum Gasteiger partial charge on any atom is 0.303 e. The molecule has 1 N–H and O–H groups in total. The fourth-order valence-electron chi connectivity index (χ4n) is 4.49. The van der Waals surface area contributed by atoms with Crippen LogP contribution in [0.1, 0.15) is 48.5 Å². The average molecular weight is 637 g/mol. The first-order valence-corrected chi connectivity index (χ1v) is 13.3. The van der Waals surface area contributed by atoms with Gasteiger partial charge in [0, 0.05) is 48.5 Å². The molecule has 6 unspecified atom stereocenters. The van der Waals surface area contributed by atoms with E-state index in [0.717, 1.165) is 48.5 Å². The molecule has 0 spiro atoms. The highest BCUT2D eigenvalue weighted by atomic mass is 16.8. The van der Waals surface area contributed by atoms with Crippen molar-refractivity contribution in [2.24, 2.45) is 0 Å². The molecule has 0 aliphatic carbocycles. The van der Waals surface area contributed by atoms with E-state index in [1.54, 1.807) is 0 Å². The van der Waals surface area contributed by atoms with Crippen LogP contribution in [0.3, 0.4) is 0 Å². The Morgan fingerprint density at radius 3 is 1.27 bits per heavy atom. The summed E-state index contributed by atoms with van der Waals surface area (Å²) in [5.41, 5.74) is 0. The molecule has 0 aromatic rings. The Labute approximate surface area is 251 Å². The van der Waals surface area contributed by atoms with Crippen molar-refractivity contribution in [2.45, 2.75) is 110 Å². The minimum absolute atomic E-state index is 0.572. The molecule has 0 aromatic heterocycles. The van der Waals surface area contributed by atoms with Crippen LogP contribution in [0, 0.1) is 0 Å². The van der Waals surface area contributed by atoms with Crippen LogP contribution in [-0.2, 0) is 80.9 Å². The van der Waals surface area contributed by atoms with Crippen molar-refractivity contribution < 1.29 is 86.0 Å². The number of carbonyl (C=O) groups is 7. The van der Waals surface area contributed by atoms with Crippen LogP contribution in [0.15, 0.2) is 0 Å². The van der Waals surface area contributed by atoms with Crippen molar-refractivity contribution in [1.29, 1.82) is 0 Å². The second-order valence-electron chi connectivity index (χ2n) is 9.68. The molecule has 10 atom stereocenters. The summed E-state index contributed by atoms with van der Waals surface area (Å²) in [6, 6.07) is 0. The summed E-state index contributed by atoms with van der Waals surface area (Å²) in [6.07, 6.45) is -16.3. The van der Waals surface area contributed by atoms with Crippen LogP contribution in [0.5, 0.6) is 0 Å². The predicted octanol–water partition coefficient (Wildman–Crippen LogP) is -1.40. The SMILES string of the molecule is CC(=O)OCC1O[C@H](O[C@@H]2C(COC(C)=O)O[C@@H](O)C(OC(C)=O)C2OC(C)=O)C(OC(C)=O)C(OC(C)=O)[C@@H]1OC(C)=O. The van der Waals surface area contributed by atoms with E-state index in [1.807, 2.05) is 0 Å². The first kappa shape index (κ1) is 36.3. The van der Waals surface area contributed by atoms with E-state index in [4.69, 9.17) is 47.4 Å². The third kappa shape index (κ3) is 10.7. The van der Waals surface area contributed by atoms with Crippen LogP contribution in [0.2, 0.25) is 0 Å². The number of aliphatic hydroxyl groups is 1. The maximum absolute atomic E-state index is 12.2. The molecule has 2 aliphatic heterocycles. The highest BCUT2D eigenvalue weighted by Gasteiger charge is 2.57. The Bertz CT molecular complexity index is 1090. The molecule has 0 amide bonds. The second kappa shape index (κ2) is 16.3. The molecule has 2 heterocycles. The van der Waals surface area contributed by atoms with E-state index in [9.17, 15) is 38.7 Å². The van der Waals surface area contributed by atoms with Gasteiger partial charge in [0.2, 0.25) is 0 Å². The lowest BCUT2D eigenvalue weighted by atomic mass is 9.96. The van der Waals surface area contributed by atoms with Crippen LogP contribution in [0.25, 0.3) is 0 Å². The van der Waals surface area contributed by atoms with Gasteiger partial charge in [-0.05, 0) is 0 Å². The molecule has 2 fully saturated rings. The number of rotatable bonds is 11. The quantitative estimate of drug-likeness (QED) is 0.203. The van der Waals surface area contributed by atoms with Gasteiger partial charge in [0.25, 0.3) is 0 Å². The zero-order valence-corrected chi connectivity index (χ0v) is 25.1. The molecule has 0 aromatic carbocycles. The molecular weight excluding hydrogens is 600 g/mol. The van der Waals surface area contributed by atoms with Gasteiger partial charge in [-0.25, -0.2) is 0 Å². The van der Waals surface area contributed by atoms with Crippen molar-refractivity contribution >= 4 is 41.8 Å². The number of hydrogen-bond acceptors (Lipinski definition) is 18. The lowest BCUT2D eigenvalue weighted by Gasteiger charge is -2.48. The first-order chi connectivity index (χ1) is 20.5. The lowest BCUT2D eigenvalue weighted by molar-refractivity contribution is -0.357. The standard InChI is InChI=1S/C26H36O18/c1-10(27)35-8-17-20(21(38-13(4)30)23(25(34)42-17)40-15(6)32)44-26-24(41-16(7)33)22(39-14(5)31)19(37-12(3)29)18(43-26)9-36-11(2)28/h17-26,34H,8-9H2,1-7H3/t17?,18?,19-,20-,21?,22?,23?,24?,25-,26-/m1/s1. The molecule has 0 bridgehead atoms. The number of ether oxygens (including phenoxy) is 10. The van der Waals surface area contributed by atoms with Crippen LogP contribution >= 0.6 is 0 Å². The summed E-state index contributed by atoms with van der Waals surface area (Å²) in [7, 11) is 0. The van der Waals surface area contributed by atoms with E-state index >= 15 is 0 Å². The topological polar surface area (TPSA) is 232 Å². The van der Waals surface area contributed by atoms with Gasteiger partial charge < -0.3 is 52.5 Å². The zero-order chi connectivity index (χ0) is 33.3. The zero-order valence-electron chi connectivity index (χ0n) is 25.1. The van der Waals surface area contributed by atoms with Crippen LogP contribution in [-0.4, -0.2) is 122 Å². The number of hydrogen-bond donors (Lipinski definition) is 1. The minimum atomic E-state index is -1.90. The Kier molecular flexibility index (Phi) is 13.4. The fourth-order valence-corrected chi connectivity index (χ4v) is 4.49. The highest BCUT2D eigenvalue weighted by molar-refractivity contribution is 5.69. The molecular formula is C26H36O18. The fraction of sp³-hybridized carbons (Fsp3) is 0.731. The van der Waals surface area contributed by atoms with Gasteiger partial charge >= 0.3 is 41.8 Å². The van der Waals surface area contributed by atoms with Gasteiger partial charge in [0.15, 0.2) is 43.1 Å². The van der Waals surface area contributed by atoms with Crippen molar-refractivity contribution in [3.8, 4) is 0 Å². The highest BCUT2D eigenvalue weighted by Crippen LogP contribution is 2.34. The summed E-state index contributed by atoms with van der Waals surface area (Å²) in [4.78, 5) is 83.5. The van der Waals surface area contributed by atoms with Crippen molar-refractivity contribution in [1.82, 2.24) is 0 Å². The second-order valence-corrected chi connectivity index (χ2v) is 9.68. The van der Waals surface area contributed by atoms with Gasteiger partial charge in [-0.3, -0.25) is 33.6 Å². The Balaban J connectivity index is 2.66. The predicted molar refractivity (Wildman–Crippen MR) is 135 cm³/mol. The average Bonchev–Trinajstić information content (AvgIpc) is 2.87. The van der Waals surface area contributed by atoms with Gasteiger partial charge in [-0.1, -0.05) is 0 Å². The van der Waals surface area contributed by atoms with Crippen molar-refractivity contribution in [2.75, 3.05) is 13.2 Å². The summed E-state index contributed by atoms with van der Waals surface area (Å²) in [5.74, 6) is -6.03. The molecule has 18 heteroatoms. The molecule has 0 radical (unpaired) electrons. The maximum atomic E-state index is 12.2. The molecule has 18 nitrogen and oxygen atoms in total. The van der Waals surface area contributed by atoms with Crippen LogP contribution < -0.4 is 0 Å². The summed E-state index contributed by atoms with van der Waals surface area (Å²) in [6.45, 7) is 6.11. The molecule has 44 heavy (non-hydrogen) atoms. The summed E-state index contributed by atoms with van der Waals surface area (Å²) in [5, 5.41) is 10.6. The third-order valence-electron chi connectivity index (χ3n) is 5.90. The van der Waals surface area contributed by atoms with E-state index in [2.05, 4.69) is 0 Å². The number of aliphatic hydroxyl groups excluding tert-OH is 1. The van der Waals surface area contributed by atoms with E-state index in [1.165, 1.54) is 0 Å². The molecule has 2 rings (SSSR count). The Morgan fingerprint density at radius 1 is 0.477 bits per heavy atom. The molecule has 248 valence electrons. The minimum Gasteiger partial charge on any atom is -0.463 e. The van der Waals surface area contributed by atoms with E-state index in [0.29, 0.717) is 0 Å². The van der Waals surface area contributed by atoms with E-state index < -0.39 is 116 Å². The van der Waals surface area contributed by atoms with Gasteiger partial charge in [-0.15, -0.1) is 0 Å². The normalized spacial score (nSPS) is 31.5. The van der Waals surface area contributed by atoms with Crippen molar-refractivity contribution in [3.05, 3.63) is 0 Å². The largest absolute Gasteiger partial charge is 0.463 e. The Morgan fingerprint density at radius 2 is 0.841 bits per heavy atom. The summed E-state index contributed by atoms with van der Waals surface area (Å²) >= 11 is 0. The van der Waals surface area contributed by atoms with Gasteiger partial charge in [0.1, 0.15) is 31.5 Å². The monoisotopic (exact) mass is 636 g/mol. The van der Waals surface area contributed by atoms with Gasteiger partial charge in [0.05, 0.1) is 0 Å². The Hall–Kier alpha value is -3.87. The number of esters is 7. The smallest absolute Gasteiger partial charge is 0.303 e. The van der Waals surface area contributed by atoms with E-state index in [-0.39, 0.29) is 0 Å². The molecule has 2 saturated heterocycles. The van der Waals surface area contributed by atoms with Crippen LogP contribution in [0.4, 0.5) is 0 Å². The third-order valence-corrected chi connectivity index (χ3v) is 5.90. The summed E-state index contributed by atoms with van der Waals surface area (Å²) < 4.78 is 54.1. The molecule has 2 aliphatic rings. The van der Waals surface area contributed by atoms with Gasteiger partial charge in [-0.2, -0.15) is 0 Å². The van der Waals surface area contributed by atoms with Crippen molar-refractivity contribution in [3.63, 3.8) is 0 Å². The molecule has 0 saturated carbocycles.